The maximum absolute atomic E-state index is 5.39. The Morgan fingerprint density at radius 3 is 2.62 bits per heavy atom. The van der Waals surface area contributed by atoms with Crippen LogP contribution in [0, 0.1) is 19.3 Å². The van der Waals surface area contributed by atoms with E-state index in [1.165, 1.54) is 0 Å². The van der Waals surface area contributed by atoms with Gasteiger partial charge in [-0.2, -0.15) is 0 Å². The molecule has 0 fully saturated rings. The molecule has 0 bridgehead atoms. The van der Waals surface area contributed by atoms with E-state index < -0.39 is 0 Å². The van der Waals surface area contributed by atoms with E-state index in [-0.39, 0.29) is 5.54 Å². The SMILES string of the molecule is C#Cc1nc(CCNC(C)(C)C)ccc1C. The summed E-state index contributed by atoms with van der Waals surface area (Å²) in [5, 5.41) is 3.43. The van der Waals surface area contributed by atoms with Crippen molar-refractivity contribution in [3.8, 4) is 12.3 Å². The van der Waals surface area contributed by atoms with Gasteiger partial charge < -0.3 is 5.32 Å². The predicted octanol–water partition coefficient (Wildman–Crippen LogP) is 2.30. The summed E-state index contributed by atoms with van der Waals surface area (Å²) in [5.74, 6) is 2.61. The molecule has 0 amide bonds. The zero-order chi connectivity index (χ0) is 12.2. The van der Waals surface area contributed by atoms with Gasteiger partial charge in [0.15, 0.2) is 0 Å². The van der Waals surface area contributed by atoms with Gasteiger partial charge in [-0.3, -0.25) is 0 Å². The third kappa shape index (κ3) is 4.04. The van der Waals surface area contributed by atoms with Gasteiger partial charge in [-0.25, -0.2) is 4.98 Å². The molecule has 0 aliphatic carbocycles. The first-order valence-electron chi connectivity index (χ1n) is 5.60. The van der Waals surface area contributed by atoms with E-state index in [1.807, 2.05) is 19.1 Å². The summed E-state index contributed by atoms with van der Waals surface area (Å²) >= 11 is 0. The molecule has 0 aliphatic heterocycles. The van der Waals surface area contributed by atoms with Gasteiger partial charge in [-0.15, -0.1) is 6.42 Å². The van der Waals surface area contributed by atoms with Crippen LogP contribution >= 0.6 is 0 Å². The normalized spacial score (nSPS) is 11.2. The molecule has 0 aliphatic rings. The third-order valence-corrected chi connectivity index (χ3v) is 2.33. The molecule has 2 heteroatoms. The molecule has 86 valence electrons. The van der Waals surface area contributed by atoms with Crippen LogP contribution in [-0.4, -0.2) is 17.1 Å². The van der Waals surface area contributed by atoms with Crippen LogP contribution in [-0.2, 0) is 6.42 Å². The zero-order valence-corrected chi connectivity index (χ0v) is 10.6. The molecular formula is C14H20N2. The highest BCUT2D eigenvalue weighted by atomic mass is 14.9. The van der Waals surface area contributed by atoms with Crippen molar-refractivity contribution in [2.45, 2.75) is 39.7 Å². The number of aryl methyl sites for hydroxylation is 1. The van der Waals surface area contributed by atoms with Gasteiger partial charge in [-0.1, -0.05) is 6.07 Å². The summed E-state index contributed by atoms with van der Waals surface area (Å²) in [6.07, 6.45) is 6.30. The van der Waals surface area contributed by atoms with Gasteiger partial charge >= 0.3 is 0 Å². The molecule has 2 nitrogen and oxygen atoms in total. The molecule has 0 atom stereocenters. The maximum atomic E-state index is 5.39. The monoisotopic (exact) mass is 216 g/mol. The predicted molar refractivity (Wildman–Crippen MR) is 68.4 cm³/mol. The van der Waals surface area contributed by atoms with E-state index in [1.54, 1.807) is 0 Å². The van der Waals surface area contributed by atoms with Crippen molar-refractivity contribution < 1.29 is 0 Å². The topological polar surface area (TPSA) is 24.9 Å². The molecule has 1 rings (SSSR count). The van der Waals surface area contributed by atoms with Crippen LogP contribution < -0.4 is 5.32 Å². The minimum atomic E-state index is 0.152. The molecule has 0 saturated heterocycles. The van der Waals surface area contributed by atoms with E-state index in [9.17, 15) is 0 Å². The summed E-state index contributed by atoms with van der Waals surface area (Å²) in [4.78, 5) is 4.43. The smallest absolute Gasteiger partial charge is 0.116 e. The van der Waals surface area contributed by atoms with Gasteiger partial charge in [0.2, 0.25) is 0 Å². The fraction of sp³-hybridized carbons (Fsp3) is 0.500. The Labute approximate surface area is 98.5 Å². The van der Waals surface area contributed by atoms with Crippen molar-refractivity contribution in [1.82, 2.24) is 10.3 Å². The molecule has 16 heavy (non-hydrogen) atoms. The number of nitrogens with one attached hydrogen (secondary N) is 1. The van der Waals surface area contributed by atoms with Crippen LogP contribution in [0.1, 0.15) is 37.7 Å². The van der Waals surface area contributed by atoms with Crippen LogP contribution in [0.3, 0.4) is 0 Å². The second-order valence-corrected chi connectivity index (χ2v) is 5.04. The lowest BCUT2D eigenvalue weighted by atomic mass is 10.1. The minimum absolute atomic E-state index is 0.152. The van der Waals surface area contributed by atoms with E-state index >= 15 is 0 Å². The lowest BCUT2D eigenvalue weighted by Gasteiger charge is -2.20. The van der Waals surface area contributed by atoms with Crippen molar-refractivity contribution in [1.29, 1.82) is 0 Å². The fourth-order valence-electron chi connectivity index (χ4n) is 1.42. The first-order valence-corrected chi connectivity index (χ1v) is 5.60. The fourth-order valence-corrected chi connectivity index (χ4v) is 1.42. The van der Waals surface area contributed by atoms with Crippen molar-refractivity contribution in [2.24, 2.45) is 0 Å². The standard InChI is InChI=1S/C14H20N2/c1-6-13-11(2)7-8-12(16-13)9-10-15-14(3,4)5/h1,7-8,15H,9-10H2,2-5H3. The molecule has 0 saturated carbocycles. The molecule has 0 spiro atoms. The zero-order valence-electron chi connectivity index (χ0n) is 10.6. The number of nitrogens with zero attached hydrogens (tertiary/aromatic N) is 1. The van der Waals surface area contributed by atoms with Gasteiger partial charge in [0, 0.05) is 24.2 Å². The summed E-state index contributed by atoms with van der Waals surface area (Å²) in [6.45, 7) is 9.37. The lowest BCUT2D eigenvalue weighted by molar-refractivity contribution is 0.428. The molecule has 1 aromatic rings. The van der Waals surface area contributed by atoms with E-state index in [0.29, 0.717) is 0 Å². The van der Waals surface area contributed by atoms with Crippen LogP contribution in [0.2, 0.25) is 0 Å². The maximum Gasteiger partial charge on any atom is 0.116 e. The number of pyridine rings is 1. The van der Waals surface area contributed by atoms with E-state index in [4.69, 9.17) is 6.42 Å². The van der Waals surface area contributed by atoms with E-state index in [2.05, 4.69) is 37.0 Å². The van der Waals surface area contributed by atoms with Gasteiger partial charge in [0.1, 0.15) is 5.69 Å². The molecule has 1 aromatic heterocycles. The lowest BCUT2D eigenvalue weighted by Crippen LogP contribution is -2.37. The summed E-state index contributed by atoms with van der Waals surface area (Å²) in [5.41, 5.74) is 3.03. The molecule has 0 aromatic carbocycles. The van der Waals surface area contributed by atoms with Crippen molar-refractivity contribution in [3.05, 3.63) is 29.1 Å². The Hall–Kier alpha value is -1.33. The minimum Gasteiger partial charge on any atom is -0.312 e. The number of hydrogen-bond acceptors (Lipinski definition) is 2. The number of rotatable bonds is 3. The average molecular weight is 216 g/mol. The van der Waals surface area contributed by atoms with Gasteiger partial charge in [0.05, 0.1) is 0 Å². The largest absolute Gasteiger partial charge is 0.312 e. The van der Waals surface area contributed by atoms with Gasteiger partial charge in [-0.05, 0) is 45.2 Å². The summed E-state index contributed by atoms with van der Waals surface area (Å²) < 4.78 is 0. The van der Waals surface area contributed by atoms with Crippen LogP contribution in [0.5, 0.6) is 0 Å². The first-order chi connectivity index (χ1) is 7.42. The Kier molecular flexibility index (Phi) is 4.09. The highest BCUT2D eigenvalue weighted by molar-refractivity contribution is 5.33. The Balaban J connectivity index is 2.59. The average Bonchev–Trinajstić information content (AvgIpc) is 2.18. The first kappa shape index (κ1) is 12.7. The molecule has 0 radical (unpaired) electrons. The van der Waals surface area contributed by atoms with Crippen molar-refractivity contribution in [2.75, 3.05) is 6.54 Å². The van der Waals surface area contributed by atoms with Crippen LogP contribution in [0.25, 0.3) is 0 Å². The number of hydrogen-bond donors (Lipinski definition) is 1. The Morgan fingerprint density at radius 1 is 1.38 bits per heavy atom. The van der Waals surface area contributed by atoms with Crippen molar-refractivity contribution in [3.63, 3.8) is 0 Å². The number of aromatic nitrogens is 1. The highest BCUT2D eigenvalue weighted by Gasteiger charge is 2.08. The molecular weight excluding hydrogens is 196 g/mol. The molecule has 1 N–H and O–H groups in total. The Morgan fingerprint density at radius 2 is 2.06 bits per heavy atom. The molecule has 1 heterocycles. The van der Waals surface area contributed by atoms with Crippen molar-refractivity contribution >= 4 is 0 Å². The van der Waals surface area contributed by atoms with Crippen LogP contribution in [0.4, 0.5) is 0 Å². The van der Waals surface area contributed by atoms with E-state index in [0.717, 1.165) is 29.9 Å². The van der Waals surface area contributed by atoms with Crippen LogP contribution in [0.15, 0.2) is 12.1 Å². The quantitative estimate of drug-likeness (QED) is 0.784. The Bertz CT molecular complexity index is 394. The number of terminal acetylenes is 1. The highest BCUT2D eigenvalue weighted by Crippen LogP contribution is 2.06. The third-order valence-electron chi connectivity index (χ3n) is 2.33. The second kappa shape index (κ2) is 5.14. The molecule has 0 unspecified atom stereocenters. The summed E-state index contributed by atoms with van der Waals surface area (Å²) in [7, 11) is 0. The van der Waals surface area contributed by atoms with Gasteiger partial charge in [0.25, 0.3) is 0 Å². The summed E-state index contributed by atoms with van der Waals surface area (Å²) in [6, 6.07) is 4.08. The second-order valence-electron chi connectivity index (χ2n) is 5.04.